The van der Waals surface area contributed by atoms with E-state index in [1.54, 1.807) is 0 Å². The smallest absolute Gasteiger partial charge is 0.145 e. The van der Waals surface area contributed by atoms with Crippen LogP contribution in [0.2, 0.25) is 0 Å². The molecule has 118 valence electrons. The van der Waals surface area contributed by atoms with E-state index in [1.807, 2.05) is 85.1 Å². The number of para-hydroxylation sites is 3. The van der Waals surface area contributed by atoms with E-state index in [1.165, 1.54) is 0 Å². The van der Waals surface area contributed by atoms with Crippen molar-refractivity contribution in [3.63, 3.8) is 0 Å². The van der Waals surface area contributed by atoms with Gasteiger partial charge in [0.05, 0.1) is 22.7 Å². The van der Waals surface area contributed by atoms with Crippen molar-refractivity contribution in [2.45, 2.75) is 0 Å². The minimum atomic E-state index is 0.787. The molecule has 2 heterocycles. The van der Waals surface area contributed by atoms with Crippen molar-refractivity contribution < 1.29 is 4.74 Å². The summed E-state index contributed by atoms with van der Waals surface area (Å²) in [6, 6.07) is 26.0. The zero-order chi connectivity index (χ0) is 16.6. The summed E-state index contributed by atoms with van der Waals surface area (Å²) < 4.78 is 6.25. The molecule has 0 amide bonds. The molecule has 0 atom stereocenters. The number of hydrogen-bond acceptors (Lipinski definition) is 3. The van der Waals surface area contributed by atoms with E-state index in [4.69, 9.17) is 9.73 Å². The van der Waals surface area contributed by atoms with Gasteiger partial charge in [0.2, 0.25) is 0 Å². The van der Waals surface area contributed by atoms with Crippen molar-refractivity contribution in [2.75, 3.05) is 0 Å². The van der Waals surface area contributed by atoms with Crippen molar-refractivity contribution in [2.24, 2.45) is 9.98 Å². The van der Waals surface area contributed by atoms with Crippen LogP contribution in [-0.4, -0.2) is 11.9 Å². The van der Waals surface area contributed by atoms with E-state index in [2.05, 4.69) is 4.99 Å². The van der Waals surface area contributed by atoms with E-state index in [0.29, 0.717) is 0 Å². The standard InChI is InChI=1S/C22H14N2O/c1-2-8-15(9-3-1)22-17-14-23-18-11-5-6-12-19(18)24-21(17)16-10-4-7-13-20(16)25-22/h1-14H. The Morgan fingerprint density at radius 3 is 2.28 bits per heavy atom. The highest BCUT2D eigenvalue weighted by atomic mass is 16.5. The third kappa shape index (κ3) is 2.29. The highest BCUT2D eigenvalue weighted by molar-refractivity contribution is 6.31. The first-order valence-electron chi connectivity index (χ1n) is 8.19. The van der Waals surface area contributed by atoms with Crippen LogP contribution >= 0.6 is 0 Å². The maximum Gasteiger partial charge on any atom is 0.145 e. The summed E-state index contributed by atoms with van der Waals surface area (Å²) in [7, 11) is 0. The van der Waals surface area contributed by atoms with Crippen LogP contribution in [0.4, 0.5) is 11.4 Å². The Morgan fingerprint density at radius 1 is 0.680 bits per heavy atom. The largest absolute Gasteiger partial charge is 0.455 e. The molecule has 0 bridgehead atoms. The fraction of sp³-hybridized carbons (Fsp3) is 0. The van der Waals surface area contributed by atoms with Gasteiger partial charge in [0, 0.05) is 17.3 Å². The average Bonchev–Trinajstić information content (AvgIpc) is 2.88. The van der Waals surface area contributed by atoms with Crippen molar-refractivity contribution >= 4 is 29.1 Å². The van der Waals surface area contributed by atoms with Crippen LogP contribution in [0.3, 0.4) is 0 Å². The Kier molecular flexibility index (Phi) is 3.10. The van der Waals surface area contributed by atoms with Crippen molar-refractivity contribution in [3.8, 4) is 5.75 Å². The summed E-state index contributed by atoms with van der Waals surface area (Å²) in [6.45, 7) is 0. The highest BCUT2D eigenvalue weighted by Crippen LogP contribution is 2.39. The molecule has 0 aromatic heterocycles. The second-order valence-corrected chi connectivity index (χ2v) is 5.91. The molecule has 0 N–H and O–H groups in total. The summed E-state index contributed by atoms with van der Waals surface area (Å²) >= 11 is 0. The van der Waals surface area contributed by atoms with Gasteiger partial charge < -0.3 is 4.74 Å². The Balaban J connectivity index is 1.82. The molecule has 5 rings (SSSR count). The van der Waals surface area contributed by atoms with Gasteiger partial charge in [0.15, 0.2) is 0 Å². The molecule has 3 nitrogen and oxygen atoms in total. The summed E-state index contributed by atoms with van der Waals surface area (Å²) in [4.78, 5) is 9.57. The molecule has 0 saturated heterocycles. The first-order chi connectivity index (χ1) is 12.4. The van der Waals surface area contributed by atoms with Crippen LogP contribution < -0.4 is 4.74 Å². The zero-order valence-electron chi connectivity index (χ0n) is 13.4. The molecular weight excluding hydrogens is 308 g/mol. The van der Waals surface area contributed by atoms with E-state index >= 15 is 0 Å². The maximum atomic E-state index is 6.25. The second kappa shape index (κ2) is 5.56. The van der Waals surface area contributed by atoms with Crippen molar-refractivity contribution in [3.05, 3.63) is 95.6 Å². The van der Waals surface area contributed by atoms with Gasteiger partial charge in [-0.25, -0.2) is 4.99 Å². The molecule has 2 aliphatic heterocycles. The minimum Gasteiger partial charge on any atom is -0.455 e. The van der Waals surface area contributed by atoms with Crippen LogP contribution in [0, 0.1) is 0 Å². The van der Waals surface area contributed by atoms with Gasteiger partial charge in [-0.15, -0.1) is 0 Å². The predicted molar refractivity (Wildman–Crippen MR) is 101 cm³/mol. The fourth-order valence-corrected chi connectivity index (χ4v) is 3.14. The number of nitrogens with zero attached hydrogens (tertiary/aromatic N) is 2. The Morgan fingerprint density at radius 2 is 1.40 bits per heavy atom. The van der Waals surface area contributed by atoms with Gasteiger partial charge >= 0.3 is 0 Å². The molecule has 3 aromatic rings. The lowest BCUT2D eigenvalue weighted by molar-refractivity contribution is 0.509. The fourth-order valence-electron chi connectivity index (χ4n) is 3.14. The van der Waals surface area contributed by atoms with Gasteiger partial charge in [-0.1, -0.05) is 54.6 Å². The normalized spacial score (nSPS) is 14.6. The molecule has 0 unspecified atom stereocenters. The molecule has 0 aliphatic carbocycles. The zero-order valence-corrected chi connectivity index (χ0v) is 13.4. The van der Waals surface area contributed by atoms with Crippen molar-refractivity contribution in [1.82, 2.24) is 0 Å². The topological polar surface area (TPSA) is 34.0 Å². The van der Waals surface area contributed by atoms with Crippen LogP contribution in [0.15, 0.2) is 94.4 Å². The van der Waals surface area contributed by atoms with Crippen LogP contribution in [0.25, 0.3) is 5.76 Å². The summed E-state index contributed by atoms with van der Waals surface area (Å²) in [5.41, 5.74) is 5.53. The lowest BCUT2D eigenvalue weighted by atomic mass is 9.96. The number of benzene rings is 3. The minimum absolute atomic E-state index is 0.787. The number of fused-ring (bicyclic) bond motifs is 4. The molecule has 0 radical (unpaired) electrons. The Bertz CT molecular complexity index is 1060. The lowest BCUT2D eigenvalue weighted by Crippen LogP contribution is -2.17. The molecule has 3 aromatic carbocycles. The van der Waals surface area contributed by atoms with Gasteiger partial charge in [-0.2, -0.15) is 0 Å². The maximum absolute atomic E-state index is 6.25. The van der Waals surface area contributed by atoms with Gasteiger partial charge in [0.25, 0.3) is 0 Å². The predicted octanol–water partition coefficient (Wildman–Crippen LogP) is 5.33. The van der Waals surface area contributed by atoms with Gasteiger partial charge in [0.1, 0.15) is 11.5 Å². The monoisotopic (exact) mass is 322 g/mol. The van der Waals surface area contributed by atoms with E-state index in [-0.39, 0.29) is 0 Å². The van der Waals surface area contributed by atoms with Gasteiger partial charge in [-0.3, -0.25) is 4.99 Å². The molecule has 2 aliphatic rings. The lowest BCUT2D eigenvalue weighted by Gasteiger charge is -2.23. The van der Waals surface area contributed by atoms with E-state index in [9.17, 15) is 0 Å². The molecule has 3 heteroatoms. The molecule has 0 fully saturated rings. The van der Waals surface area contributed by atoms with E-state index < -0.39 is 0 Å². The number of aliphatic imine (C=N–C) groups is 2. The highest BCUT2D eigenvalue weighted by Gasteiger charge is 2.27. The molecule has 25 heavy (non-hydrogen) atoms. The number of ether oxygens (including phenoxy) is 1. The average molecular weight is 322 g/mol. The van der Waals surface area contributed by atoms with Crippen LogP contribution in [0.1, 0.15) is 11.1 Å². The van der Waals surface area contributed by atoms with E-state index in [0.717, 1.165) is 45.3 Å². The number of allylic oxidation sites excluding steroid dienone is 1. The molecule has 0 spiro atoms. The number of rotatable bonds is 1. The Hall–Kier alpha value is -3.46. The number of hydrogen-bond donors (Lipinski definition) is 0. The van der Waals surface area contributed by atoms with Crippen LogP contribution in [-0.2, 0) is 0 Å². The third-order valence-corrected chi connectivity index (χ3v) is 4.34. The summed E-state index contributed by atoms with van der Waals surface area (Å²) in [5, 5.41) is 0. The quantitative estimate of drug-likeness (QED) is 0.596. The van der Waals surface area contributed by atoms with Crippen molar-refractivity contribution in [1.29, 1.82) is 0 Å². The molecule has 0 saturated carbocycles. The first-order valence-corrected chi connectivity index (χ1v) is 8.19. The third-order valence-electron chi connectivity index (χ3n) is 4.34. The summed E-state index contributed by atoms with van der Waals surface area (Å²) in [6.07, 6.45) is 1.86. The van der Waals surface area contributed by atoms with Gasteiger partial charge in [-0.05, 0) is 24.3 Å². The first kappa shape index (κ1) is 13.9. The van der Waals surface area contributed by atoms with Crippen LogP contribution in [0.5, 0.6) is 5.75 Å². The SMILES string of the molecule is C1=Nc2ccccc2N=C2C1=C(c1ccccc1)Oc1ccccc12. The second-order valence-electron chi connectivity index (χ2n) is 5.91. The molecular formula is C22H14N2O. The summed E-state index contributed by atoms with van der Waals surface area (Å²) in [5.74, 6) is 1.60. The Labute approximate surface area is 145 Å².